The summed E-state index contributed by atoms with van der Waals surface area (Å²) in [5.41, 5.74) is 2.25. The third-order valence-corrected chi connectivity index (χ3v) is 6.72. The van der Waals surface area contributed by atoms with E-state index in [9.17, 15) is 14.7 Å². The molecule has 37 heavy (non-hydrogen) atoms. The molecular formula is C27H25Cl2NO7. The highest BCUT2D eigenvalue weighted by atomic mass is 35.5. The van der Waals surface area contributed by atoms with Gasteiger partial charge >= 0.3 is 5.97 Å². The Morgan fingerprint density at radius 3 is 2.41 bits per heavy atom. The van der Waals surface area contributed by atoms with Crippen LogP contribution in [0.15, 0.2) is 54.6 Å². The maximum Gasteiger partial charge on any atom is 0.306 e. The van der Waals surface area contributed by atoms with Crippen molar-refractivity contribution in [1.29, 1.82) is 0 Å². The van der Waals surface area contributed by atoms with Gasteiger partial charge < -0.3 is 29.0 Å². The van der Waals surface area contributed by atoms with Crippen LogP contribution in [-0.4, -0.2) is 44.4 Å². The molecule has 194 valence electrons. The minimum Gasteiger partial charge on any atom is -0.497 e. The van der Waals surface area contributed by atoms with E-state index < -0.39 is 30.5 Å². The number of carbonyl (C=O) groups is 2. The van der Waals surface area contributed by atoms with Crippen molar-refractivity contribution in [2.45, 2.75) is 25.2 Å². The fourth-order valence-electron chi connectivity index (χ4n) is 4.31. The van der Waals surface area contributed by atoms with Crippen molar-refractivity contribution in [3.8, 4) is 17.2 Å². The molecule has 0 fully saturated rings. The van der Waals surface area contributed by atoms with Gasteiger partial charge in [0.25, 0.3) is 5.91 Å². The summed E-state index contributed by atoms with van der Waals surface area (Å²) in [5.74, 6) is -0.188. The summed E-state index contributed by atoms with van der Waals surface area (Å²) in [5, 5.41) is 10.3. The summed E-state index contributed by atoms with van der Waals surface area (Å²) in [4.78, 5) is 27.1. The first kappa shape index (κ1) is 26.6. The monoisotopic (exact) mass is 545 g/mol. The van der Waals surface area contributed by atoms with Crippen LogP contribution in [0.3, 0.4) is 0 Å². The second-order valence-electron chi connectivity index (χ2n) is 8.27. The molecule has 0 bridgehead atoms. The van der Waals surface area contributed by atoms with Crippen molar-refractivity contribution in [2.24, 2.45) is 0 Å². The number of halogens is 2. The van der Waals surface area contributed by atoms with Gasteiger partial charge in [-0.15, -0.1) is 0 Å². The first-order valence-corrected chi connectivity index (χ1v) is 12.0. The van der Waals surface area contributed by atoms with Crippen molar-refractivity contribution < 1.29 is 33.6 Å². The van der Waals surface area contributed by atoms with Gasteiger partial charge in [-0.05, 0) is 36.4 Å². The Hall–Kier alpha value is -3.46. The molecule has 3 aromatic rings. The minimum absolute atomic E-state index is 0.0820. The first-order chi connectivity index (χ1) is 17.8. The van der Waals surface area contributed by atoms with Crippen molar-refractivity contribution in [2.75, 3.05) is 26.2 Å². The highest BCUT2D eigenvalue weighted by Crippen LogP contribution is 2.44. The molecule has 3 aromatic carbocycles. The maximum absolute atomic E-state index is 13.8. The summed E-state index contributed by atoms with van der Waals surface area (Å²) in [6, 6.07) is 15.5. The number of carboxylic acid groups (broad SMARTS) is 1. The van der Waals surface area contributed by atoms with Gasteiger partial charge in [0, 0.05) is 27.8 Å². The molecule has 4 rings (SSSR count). The molecule has 1 amide bonds. The van der Waals surface area contributed by atoms with E-state index in [1.54, 1.807) is 61.7 Å². The number of fused-ring (bicyclic) bond motifs is 1. The average Bonchev–Trinajstić information content (AvgIpc) is 2.99. The molecule has 1 aliphatic rings. The Kier molecular flexibility index (Phi) is 8.12. The van der Waals surface area contributed by atoms with Gasteiger partial charge in [-0.3, -0.25) is 9.59 Å². The summed E-state index contributed by atoms with van der Waals surface area (Å²) >= 11 is 13.0. The predicted octanol–water partition coefficient (Wildman–Crippen LogP) is 5.52. The minimum atomic E-state index is -1.31. The van der Waals surface area contributed by atoms with Gasteiger partial charge in [-0.1, -0.05) is 35.3 Å². The van der Waals surface area contributed by atoms with Crippen molar-refractivity contribution >= 4 is 40.8 Å². The lowest BCUT2D eigenvalue weighted by atomic mass is 9.98. The van der Waals surface area contributed by atoms with E-state index in [2.05, 4.69) is 0 Å². The van der Waals surface area contributed by atoms with Crippen LogP contribution in [0.1, 0.15) is 29.2 Å². The molecule has 8 nitrogen and oxygen atoms in total. The maximum atomic E-state index is 13.8. The lowest BCUT2D eigenvalue weighted by Crippen LogP contribution is -2.40. The normalized spacial score (nSPS) is 17.1. The zero-order chi connectivity index (χ0) is 26.7. The van der Waals surface area contributed by atoms with Crippen molar-refractivity contribution in [3.05, 3.63) is 81.3 Å². The van der Waals surface area contributed by atoms with Crippen LogP contribution >= 0.6 is 23.2 Å². The number of hydrogen-bond acceptors (Lipinski definition) is 6. The number of amides is 1. The number of rotatable bonds is 8. The van der Waals surface area contributed by atoms with Crippen LogP contribution in [0, 0.1) is 0 Å². The zero-order valence-corrected chi connectivity index (χ0v) is 21.9. The summed E-state index contributed by atoms with van der Waals surface area (Å²) in [6.45, 7) is 0.0820. The van der Waals surface area contributed by atoms with Gasteiger partial charge in [0.05, 0.1) is 45.0 Å². The molecule has 1 N–H and O–H groups in total. The number of aliphatic carboxylic acids is 1. The molecule has 0 spiro atoms. The summed E-state index contributed by atoms with van der Waals surface area (Å²) < 4.78 is 22.4. The highest BCUT2D eigenvalue weighted by Gasteiger charge is 2.39. The standard InChI is InChI=1S/C27H25Cl2NO7/c1-34-17-9-7-15(22(12-17)36-3)14-30-20-10-8-16(28)11-19(20)26(37-23(27(30)33)13-24(31)32)18-5-4-6-21(35-2)25(18)29/h4-12,23,26H,13-14H2,1-3H3,(H,31,32). The molecule has 0 aliphatic carbocycles. The number of benzene rings is 3. The Morgan fingerprint density at radius 2 is 1.73 bits per heavy atom. The summed E-state index contributed by atoms with van der Waals surface area (Å²) in [6.07, 6.45) is -2.75. The molecule has 1 heterocycles. The van der Waals surface area contributed by atoms with Crippen molar-refractivity contribution in [3.63, 3.8) is 0 Å². The molecule has 0 saturated carbocycles. The molecule has 0 aromatic heterocycles. The third kappa shape index (κ3) is 5.46. The SMILES string of the molecule is COc1ccc(CN2C(=O)C(CC(=O)O)OC(c3cccc(OC)c3Cl)c3cc(Cl)ccc32)c(OC)c1. The van der Waals surface area contributed by atoms with E-state index >= 15 is 0 Å². The predicted molar refractivity (Wildman–Crippen MR) is 139 cm³/mol. The number of carboxylic acids is 1. The Bertz CT molecular complexity index is 1330. The molecular weight excluding hydrogens is 521 g/mol. The second kappa shape index (κ2) is 11.3. The van der Waals surface area contributed by atoms with E-state index in [1.165, 1.54) is 19.1 Å². The van der Waals surface area contributed by atoms with Gasteiger partial charge in [0.1, 0.15) is 29.5 Å². The Morgan fingerprint density at radius 1 is 0.973 bits per heavy atom. The van der Waals surface area contributed by atoms with Crippen LogP contribution < -0.4 is 19.1 Å². The Labute approximate surface area is 224 Å². The smallest absolute Gasteiger partial charge is 0.306 e. The van der Waals surface area contributed by atoms with Crippen LogP contribution in [-0.2, 0) is 20.9 Å². The highest BCUT2D eigenvalue weighted by molar-refractivity contribution is 6.33. The largest absolute Gasteiger partial charge is 0.497 e. The molecule has 0 saturated heterocycles. The van der Waals surface area contributed by atoms with Gasteiger partial charge in [-0.2, -0.15) is 0 Å². The second-order valence-corrected chi connectivity index (χ2v) is 9.09. The lowest BCUT2D eigenvalue weighted by Gasteiger charge is -2.26. The van der Waals surface area contributed by atoms with Gasteiger partial charge in [0.2, 0.25) is 0 Å². The topological polar surface area (TPSA) is 94.5 Å². The summed E-state index contributed by atoms with van der Waals surface area (Å²) in [7, 11) is 4.56. The number of nitrogens with zero attached hydrogens (tertiary/aromatic N) is 1. The number of hydrogen-bond donors (Lipinski definition) is 1. The molecule has 10 heteroatoms. The van der Waals surface area contributed by atoms with E-state index in [-0.39, 0.29) is 11.6 Å². The molecule has 0 radical (unpaired) electrons. The van der Waals surface area contributed by atoms with Gasteiger partial charge in [0.15, 0.2) is 0 Å². The Balaban J connectivity index is 1.90. The number of anilines is 1. The molecule has 2 atom stereocenters. The quantitative estimate of drug-likeness (QED) is 0.398. The number of methoxy groups -OCH3 is 3. The molecule has 2 unspecified atom stereocenters. The van der Waals surface area contributed by atoms with E-state index in [0.717, 1.165) is 0 Å². The van der Waals surface area contributed by atoms with E-state index in [1.807, 2.05) is 0 Å². The van der Waals surface area contributed by atoms with E-state index in [4.69, 9.17) is 42.1 Å². The van der Waals surface area contributed by atoms with Crippen LogP contribution in [0.5, 0.6) is 17.2 Å². The van der Waals surface area contributed by atoms with Gasteiger partial charge in [-0.25, -0.2) is 0 Å². The first-order valence-electron chi connectivity index (χ1n) is 11.3. The average molecular weight is 546 g/mol. The van der Waals surface area contributed by atoms with Crippen LogP contribution in [0.4, 0.5) is 5.69 Å². The lowest BCUT2D eigenvalue weighted by molar-refractivity contribution is -0.146. The van der Waals surface area contributed by atoms with Crippen molar-refractivity contribution in [1.82, 2.24) is 0 Å². The number of carbonyl (C=O) groups excluding carboxylic acids is 1. The molecule has 1 aliphatic heterocycles. The van der Waals surface area contributed by atoms with E-state index in [0.29, 0.717) is 44.6 Å². The van der Waals surface area contributed by atoms with Crippen LogP contribution in [0.2, 0.25) is 10.0 Å². The van der Waals surface area contributed by atoms with Crippen LogP contribution in [0.25, 0.3) is 0 Å². The fraction of sp³-hybridized carbons (Fsp3) is 0.259. The fourth-order valence-corrected chi connectivity index (χ4v) is 4.79. The third-order valence-electron chi connectivity index (χ3n) is 6.08. The zero-order valence-electron chi connectivity index (χ0n) is 20.4. The number of ether oxygens (including phenoxy) is 4.